The molecule has 24 heavy (non-hydrogen) atoms. The summed E-state index contributed by atoms with van der Waals surface area (Å²) in [7, 11) is -3.37. The molecule has 8 heteroatoms. The van der Waals surface area contributed by atoms with E-state index in [9.17, 15) is 13.2 Å². The second-order valence-electron chi connectivity index (χ2n) is 5.91. The standard InChI is InChI=1S/C16H20N4O3S/c1-24(22,23)15-8-3-2-7-14(15)20-11-12(10-18-20)19-16(21)13-6-4-5-9-17-13/h2-3,7-8,10-11,13,17H,4-6,9H2,1H3,(H,19,21). The number of para-hydroxylation sites is 1. The molecule has 1 unspecified atom stereocenters. The lowest BCUT2D eigenvalue weighted by Crippen LogP contribution is -2.43. The topological polar surface area (TPSA) is 93.1 Å². The van der Waals surface area contributed by atoms with Gasteiger partial charge in [0.25, 0.3) is 0 Å². The first-order valence-electron chi connectivity index (χ1n) is 7.83. The average molecular weight is 348 g/mol. The predicted octanol–water partition coefficient (Wildman–Crippen LogP) is 1.36. The van der Waals surface area contributed by atoms with Gasteiger partial charge in [0.15, 0.2) is 9.84 Å². The van der Waals surface area contributed by atoms with Crippen LogP contribution in [0.2, 0.25) is 0 Å². The molecular weight excluding hydrogens is 328 g/mol. The molecule has 1 aromatic carbocycles. The zero-order valence-electron chi connectivity index (χ0n) is 13.4. The summed E-state index contributed by atoms with van der Waals surface area (Å²) in [6.07, 6.45) is 7.23. The molecular formula is C16H20N4O3S. The average Bonchev–Trinajstić information content (AvgIpc) is 3.03. The van der Waals surface area contributed by atoms with Crippen molar-refractivity contribution in [1.82, 2.24) is 15.1 Å². The fraction of sp³-hybridized carbons (Fsp3) is 0.375. The summed E-state index contributed by atoms with van der Waals surface area (Å²) < 4.78 is 25.3. The van der Waals surface area contributed by atoms with E-state index in [4.69, 9.17) is 0 Å². The van der Waals surface area contributed by atoms with Crippen LogP contribution in [-0.4, -0.2) is 42.9 Å². The summed E-state index contributed by atoms with van der Waals surface area (Å²) in [5.74, 6) is -0.0920. The number of rotatable bonds is 4. The second-order valence-corrected chi connectivity index (χ2v) is 7.89. The first-order chi connectivity index (χ1) is 11.4. The Morgan fingerprint density at radius 3 is 2.83 bits per heavy atom. The van der Waals surface area contributed by atoms with E-state index in [1.165, 1.54) is 16.9 Å². The van der Waals surface area contributed by atoms with Gasteiger partial charge in [0.05, 0.1) is 34.7 Å². The molecule has 3 rings (SSSR count). The van der Waals surface area contributed by atoms with E-state index in [2.05, 4.69) is 15.7 Å². The van der Waals surface area contributed by atoms with Crippen LogP contribution in [0.25, 0.3) is 5.69 Å². The highest BCUT2D eigenvalue weighted by Gasteiger charge is 2.21. The SMILES string of the molecule is CS(=O)(=O)c1ccccc1-n1cc(NC(=O)C2CCCCN2)cn1. The summed E-state index contributed by atoms with van der Waals surface area (Å²) in [6, 6.07) is 6.44. The Morgan fingerprint density at radius 2 is 2.12 bits per heavy atom. The highest BCUT2D eigenvalue weighted by Crippen LogP contribution is 2.21. The lowest BCUT2D eigenvalue weighted by molar-refractivity contribution is -0.118. The minimum Gasteiger partial charge on any atom is -0.322 e. The Kier molecular flexibility index (Phi) is 4.68. The third kappa shape index (κ3) is 3.65. The zero-order valence-corrected chi connectivity index (χ0v) is 14.2. The number of anilines is 1. The minimum atomic E-state index is -3.37. The summed E-state index contributed by atoms with van der Waals surface area (Å²) in [5.41, 5.74) is 0.993. The van der Waals surface area contributed by atoms with Crippen molar-refractivity contribution >= 4 is 21.4 Å². The highest BCUT2D eigenvalue weighted by molar-refractivity contribution is 7.90. The molecule has 1 aliphatic rings. The lowest BCUT2D eigenvalue weighted by atomic mass is 10.0. The molecule has 1 aromatic heterocycles. The van der Waals surface area contributed by atoms with E-state index in [0.717, 1.165) is 32.1 Å². The molecule has 0 saturated carbocycles. The number of aromatic nitrogens is 2. The molecule has 0 radical (unpaired) electrons. The molecule has 0 bridgehead atoms. The number of amides is 1. The predicted molar refractivity (Wildman–Crippen MR) is 90.9 cm³/mol. The van der Waals surface area contributed by atoms with Gasteiger partial charge in [0.1, 0.15) is 0 Å². The summed E-state index contributed by atoms with van der Waals surface area (Å²) in [4.78, 5) is 12.4. The monoisotopic (exact) mass is 348 g/mol. The second kappa shape index (κ2) is 6.74. The van der Waals surface area contributed by atoms with Gasteiger partial charge in [-0.05, 0) is 31.5 Å². The van der Waals surface area contributed by atoms with Gasteiger partial charge in [-0.2, -0.15) is 5.10 Å². The van der Waals surface area contributed by atoms with Crippen LogP contribution in [0.4, 0.5) is 5.69 Å². The Morgan fingerprint density at radius 1 is 1.33 bits per heavy atom. The van der Waals surface area contributed by atoms with Gasteiger partial charge in [-0.15, -0.1) is 0 Å². The number of carbonyl (C=O) groups is 1. The van der Waals surface area contributed by atoms with Crippen molar-refractivity contribution in [3.63, 3.8) is 0 Å². The van der Waals surface area contributed by atoms with Gasteiger partial charge in [0.2, 0.25) is 5.91 Å². The largest absolute Gasteiger partial charge is 0.322 e. The van der Waals surface area contributed by atoms with E-state index in [0.29, 0.717) is 11.4 Å². The maximum Gasteiger partial charge on any atom is 0.241 e. The first-order valence-corrected chi connectivity index (χ1v) is 9.73. The smallest absolute Gasteiger partial charge is 0.241 e. The van der Waals surface area contributed by atoms with Crippen LogP contribution in [0, 0.1) is 0 Å². The Labute approximate surface area is 141 Å². The van der Waals surface area contributed by atoms with Crippen molar-refractivity contribution in [3.8, 4) is 5.69 Å². The lowest BCUT2D eigenvalue weighted by Gasteiger charge is -2.22. The van der Waals surface area contributed by atoms with Crippen LogP contribution in [0.1, 0.15) is 19.3 Å². The van der Waals surface area contributed by atoms with Gasteiger partial charge in [-0.25, -0.2) is 13.1 Å². The number of nitrogens with zero attached hydrogens (tertiary/aromatic N) is 2. The van der Waals surface area contributed by atoms with Crippen LogP contribution >= 0.6 is 0 Å². The number of piperidine rings is 1. The van der Waals surface area contributed by atoms with Crippen LogP contribution in [0.15, 0.2) is 41.6 Å². The van der Waals surface area contributed by atoms with Gasteiger partial charge >= 0.3 is 0 Å². The molecule has 1 fully saturated rings. The molecule has 1 amide bonds. The van der Waals surface area contributed by atoms with Crippen molar-refractivity contribution < 1.29 is 13.2 Å². The summed E-state index contributed by atoms with van der Waals surface area (Å²) in [6.45, 7) is 0.846. The summed E-state index contributed by atoms with van der Waals surface area (Å²) in [5, 5.41) is 10.2. The highest BCUT2D eigenvalue weighted by atomic mass is 32.2. The number of benzene rings is 1. The van der Waals surface area contributed by atoms with Crippen LogP contribution < -0.4 is 10.6 Å². The molecule has 7 nitrogen and oxygen atoms in total. The molecule has 0 spiro atoms. The third-order valence-electron chi connectivity index (χ3n) is 3.99. The molecule has 2 heterocycles. The van der Waals surface area contributed by atoms with E-state index in [1.54, 1.807) is 24.4 Å². The van der Waals surface area contributed by atoms with E-state index in [-0.39, 0.29) is 16.8 Å². The molecule has 128 valence electrons. The fourth-order valence-electron chi connectivity index (χ4n) is 2.78. The van der Waals surface area contributed by atoms with E-state index in [1.807, 2.05) is 0 Å². The molecule has 2 aromatic rings. The Balaban J connectivity index is 1.80. The molecule has 1 atom stereocenters. The minimum absolute atomic E-state index is 0.0920. The number of carbonyl (C=O) groups excluding carboxylic acids is 1. The number of hydrogen-bond acceptors (Lipinski definition) is 5. The van der Waals surface area contributed by atoms with Crippen molar-refractivity contribution in [2.75, 3.05) is 18.1 Å². The number of nitrogens with one attached hydrogen (secondary N) is 2. The number of sulfone groups is 1. The molecule has 1 aliphatic heterocycles. The maximum atomic E-state index is 12.2. The molecule has 1 saturated heterocycles. The molecule has 2 N–H and O–H groups in total. The van der Waals surface area contributed by atoms with Gasteiger partial charge in [0, 0.05) is 6.26 Å². The third-order valence-corrected chi connectivity index (χ3v) is 5.13. The molecule has 0 aliphatic carbocycles. The van der Waals surface area contributed by atoms with Crippen molar-refractivity contribution in [2.24, 2.45) is 0 Å². The normalized spacial score (nSPS) is 18.3. The zero-order chi connectivity index (χ0) is 17.2. The van der Waals surface area contributed by atoms with Gasteiger partial charge in [-0.1, -0.05) is 18.6 Å². The van der Waals surface area contributed by atoms with E-state index >= 15 is 0 Å². The maximum absolute atomic E-state index is 12.2. The first kappa shape index (κ1) is 16.7. The quantitative estimate of drug-likeness (QED) is 0.870. The van der Waals surface area contributed by atoms with Crippen molar-refractivity contribution in [3.05, 3.63) is 36.7 Å². The van der Waals surface area contributed by atoms with Crippen molar-refractivity contribution in [2.45, 2.75) is 30.2 Å². The summed E-state index contributed by atoms with van der Waals surface area (Å²) >= 11 is 0. The van der Waals surface area contributed by atoms with Crippen molar-refractivity contribution in [1.29, 1.82) is 0 Å². The van der Waals surface area contributed by atoms with E-state index < -0.39 is 9.84 Å². The Hall–Kier alpha value is -2.19. The fourth-order valence-corrected chi connectivity index (χ4v) is 3.65. The van der Waals surface area contributed by atoms with Gasteiger partial charge < -0.3 is 10.6 Å². The van der Waals surface area contributed by atoms with Crippen LogP contribution in [0.5, 0.6) is 0 Å². The van der Waals surface area contributed by atoms with Gasteiger partial charge in [-0.3, -0.25) is 4.79 Å². The Bertz CT molecular complexity index is 839. The number of hydrogen-bond donors (Lipinski definition) is 2. The van der Waals surface area contributed by atoms with Crippen LogP contribution in [0.3, 0.4) is 0 Å². The van der Waals surface area contributed by atoms with Crippen LogP contribution in [-0.2, 0) is 14.6 Å².